The van der Waals surface area contributed by atoms with Gasteiger partial charge in [-0.3, -0.25) is 5.10 Å². The van der Waals surface area contributed by atoms with E-state index in [4.69, 9.17) is 14.7 Å². The summed E-state index contributed by atoms with van der Waals surface area (Å²) in [6, 6.07) is 8.17. The number of aliphatic hydroxyl groups excluding tert-OH is 1. The average molecular weight is 425 g/mol. The Labute approximate surface area is 177 Å². The zero-order valence-electron chi connectivity index (χ0n) is 16.8. The number of aromatic nitrogens is 4. The second-order valence-electron chi connectivity index (χ2n) is 7.51. The van der Waals surface area contributed by atoms with E-state index in [1.807, 2.05) is 24.4 Å². The van der Waals surface area contributed by atoms with Crippen LogP contribution in [0.1, 0.15) is 11.8 Å². The maximum Gasteiger partial charge on any atom is 0.162 e. The molecule has 156 valence electrons. The molecule has 1 unspecified atom stereocenters. The minimum absolute atomic E-state index is 0.370. The van der Waals surface area contributed by atoms with Crippen molar-refractivity contribution < 1.29 is 9.84 Å². The summed E-state index contributed by atoms with van der Waals surface area (Å²) in [5, 5.41) is 21.0. The molecule has 4 heterocycles. The number of morpholine rings is 1. The maximum absolute atomic E-state index is 9.51. The molecule has 1 saturated heterocycles. The van der Waals surface area contributed by atoms with E-state index in [1.54, 1.807) is 18.3 Å². The molecule has 1 aliphatic heterocycles. The normalized spacial score (nSPS) is 15.9. The zero-order chi connectivity index (χ0) is 20.5. The highest BCUT2D eigenvalue weighted by molar-refractivity contribution is 7.19. The van der Waals surface area contributed by atoms with Gasteiger partial charge in [0, 0.05) is 42.0 Å². The fourth-order valence-corrected chi connectivity index (χ4v) is 4.81. The van der Waals surface area contributed by atoms with Crippen LogP contribution in [0.5, 0.6) is 0 Å². The third-order valence-electron chi connectivity index (χ3n) is 5.18. The Bertz CT molecular complexity index is 1160. The quantitative estimate of drug-likeness (QED) is 0.437. The molecule has 4 aromatic rings. The predicted molar refractivity (Wildman–Crippen MR) is 119 cm³/mol. The van der Waals surface area contributed by atoms with Crippen molar-refractivity contribution in [1.29, 1.82) is 0 Å². The van der Waals surface area contributed by atoms with Gasteiger partial charge in [0.2, 0.25) is 0 Å². The van der Waals surface area contributed by atoms with E-state index >= 15 is 0 Å². The van der Waals surface area contributed by atoms with Crippen LogP contribution < -0.4 is 10.2 Å². The Hall–Kier alpha value is -2.59. The van der Waals surface area contributed by atoms with Crippen molar-refractivity contribution >= 4 is 38.3 Å². The monoisotopic (exact) mass is 424 g/mol. The molecule has 1 fully saturated rings. The zero-order valence-corrected chi connectivity index (χ0v) is 17.6. The van der Waals surface area contributed by atoms with Crippen LogP contribution in [0.3, 0.4) is 0 Å². The number of aliphatic hydroxyl groups is 1. The third-order valence-corrected chi connectivity index (χ3v) is 6.30. The van der Waals surface area contributed by atoms with Crippen molar-refractivity contribution in [3.05, 3.63) is 35.3 Å². The lowest BCUT2D eigenvalue weighted by atomic mass is 10.1. The number of nitrogens with one attached hydrogen (secondary N) is 2. The molecule has 8 nitrogen and oxygen atoms in total. The van der Waals surface area contributed by atoms with Crippen LogP contribution in [-0.2, 0) is 11.3 Å². The van der Waals surface area contributed by atoms with Crippen LogP contribution in [0.2, 0.25) is 0 Å². The standard InChI is InChI=1S/C21H24N6O2S/c1-13(28)10-22-11-14-9-18-19(30-14)21(27-5-7-29-8-6-27)25-20(24-18)15-3-2-4-17-16(15)12-23-26-17/h2-4,9,12-13,22,28H,5-8,10-11H2,1H3,(H,23,26). The number of hydrogen-bond donors (Lipinski definition) is 3. The molecule has 9 heteroatoms. The number of rotatable bonds is 6. The van der Waals surface area contributed by atoms with E-state index in [1.165, 1.54) is 4.88 Å². The number of nitrogens with zero attached hydrogens (tertiary/aromatic N) is 4. The second kappa shape index (κ2) is 8.27. The molecule has 0 aliphatic carbocycles. The first kappa shape index (κ1) is 19.4. The summed E-state index contributed by atoms with van der Waals surface area (Å²) >= 11 is 1.71. The van der Waals surface area contributed by atoms with Gasteiger partial charge >= 0.3 is 0 Å². The highest BCUT2D eigenvalue weighted by atomic mass is 32.1. The molecule has 3 aromatic heterocycles. The van der Waals surface area contributed by atoms with Crippen LogP contribution in [0.4, 0.5) is 5.82 Å². The summed E-state index contributed by atoms with van der Waals surface area (Å²) in [6.07, 6.45) is 1.45. The number of anilines is 1. The number of thiophene rings is 1. The Kier molecular flexibility index (Phi) is 5.34. The highest BCUT2D eigenvalue weighted by Gasteiger charge is 2.21. The van der Waals surface area contributed by atoms with E-state index in [0.717, 1.165) is 45.6 Å². The van der Waals surface area contributed by atoms with Crippen molar-refractivity contribution in [2.45, 2.75) is 19.6 Å². The molecule has 3 N–H and O–H groups in total. The minimum atomic E-state index is -0.370. The smallest absolute Gasteiger partial charge is 0.162 e. The van der Waals surface area contributed by atoms with E-state index < -0.39 is 0 Å². The lowest BCUT2D eigenvalue weighted by Crippen LogP contribution is -2.36. The van der Waals surface area contributed by atoms with Crippen molar-refractivity contribution in [2.24, 2.45) is 0 Å². The fraction of sp³-hybridized carbons (Fsp3) is 0.381. The van der Waals surface area contributed by atoms with E-state index in [0.29, 0.717) is 32.1 Å². The Balaban J connectivity index is 1.60. The van der Waals surface area contributed by atoms with Gasteiger partial charge in [0.1, 0.15) is 0 Å². The van der Waals surface area contributed by atoms with E-state index in [9.17, 15) is 5.11 Å². The Morgan fingerprint density at radius 1 is 1.30 bits per heavy atom. The molecular formula is C21H24N6O2S. The summed E-state index contributed by atoms with van der Waals surface area (Å²) in [5.41, 5.74) is 2.89. The fourth-order valence-electron chi connectivity index (χ4n) is 3.73. The van der Waals surface area contributed by atoms with Gasteiger partial charge in [0.25, 0.3) is 0 Å². The molecule has 1 atom stereocenters. The molecule has 30 heavy (non-hydrogen) atoms. The van der Waals surface area contributed by atoms with Crippen molar-refractivity contribution in [3.8, 4) is 11.4 Å². The summed E-state index contributed by atoms with van der Waals surface area (Å²) in [7, 11) is 0. The molecule has 1 aromatic carbocycles. The number of fused-ring (bicyclic) bond motifs is 2. The van der Waals surface area contributed by atoms with E-state index in [-0.39, 0.29) is 6.10 Å². The summed E-state index contributed by atoms with van der Waals surface area (Å²) < 4.78 is 6.64. The predicted octanol–water partition coefficient (Wildman–Crippen LogP) is 2.54. The molecule has 1 aliphatic rings. The Morgan fingerprint density at radius 2 is 2.17 bits per heavy atom. The average Bonchev–Trinajstić information content (AvgIpc) is 3.39. The molecular weight excluding hydrogens is 400 g/mol. The van der Waals surface area contributed by atoms with Crippen molar-refractivity contribution in [1.82, 2.24) is 25.5 Å². The maximum atomic E-state index is 9.51. The number of benzene rings is 1. The van der Waals surface area contributed by atoms with Gasteiger partial charge in [-0.15, -0.1) is 11.3 Å². The van der Waals surface area contributed by atoms with Crippen LogP contribution >= 0.6 is 11.3 Å². The highest BCUT2D eigenvalue weighted by Crippen LogP contribution is 2.35. The largest absolute Gasteiger partial charge is 0.392 e. The van der Waals surface area contributed by atoms with Crippen molar-refractivity contribution in [2.75, 3.05) is 37.7 Å². The number of ether oxygens (including phenoxy) is 1. The first-order chi connectivity index (χ1) is 14.7. The molecule has 0 saturated carbocycles. The molecule has 0 spiro atoms. The van der Waals surface area contributed by atoms with Crippen molar-refractivity contribution in [3.63, 3.8) is 0 Å². The number of hydrogen-bond acceptors (Lipinski definition) is 8. The summed E-state index contributed by atoms with van der Waals surface area (Å²) in [4.78, 5) is 13.4. The first-order valence-electron chi connectivity index (χ1n) is 10.1. The van der Waals surface area contributed by atoms with Gasteiger partial charge in [-0.25, -0.2) is 9.97 Å². The van der Waals surface area contributed by atoms with Gasteiger partial charge in [0.15, 0.2) is 11.6 Å². The van der Waals surface area contributed by atoms with E-state index in [2.05, 4.69) is 26.5 Å². The van der Waals surface area contributed by atoms with Gasteiger partial charge in [-0.1, -0.05) is 12.1 Å². The van der Waals surface area contributed by atoms with Gasteiger partial charge in [-0.05, 0) is 19.1 Å². The topological polar surface area (TPSA) is 99.2 Å². The summed E-state index contributed by atoms with van der Waals surface area (Å²) in [6.45, 7) is 6.07. The Morgan fingerprint density at radius 3 is 3.00 bits per heavy atom. The SMILES string of the molecule is CC(O)CNCc1cc2nc(-c3cccc4[nH]ncc34)nc(N3CCOCC3)c2s1. The van der Waals surface area contributed by atoms with Gasteiger partial charge in [0.05, 0.1) is 41.2 Å². The van der Waals surface area contributed by atoms with Crippen LogP contribution in [0.15, 0.2) is 30.5 Å². The third kappa shape index (κ3) is 3.77. The first-order valence-corrected chi connectivity index (χ1v) is 10.9. The van der Waals surface area contributed by atoms with Crippen LogP contribution in [0, 0.1) is 0 Å². The molecule has 0 amide bonds. The lowest BCUT2D eigenvalue weighted by molar-refractivity contribution is 0.122. The van der Waals surface area contributed by atoms with Gasteiger partial charge in [-0.2, -0.15) is 5.10 Å². The van der Waals surface area contributed by atoms with Crippen LogP contribution in [-0.4, -0.2) is 64.2 Å². The van der Waals surface area contributed by atoms with Gasteiger partial charge < -0.3 is 20.1 Å². The molecule has 0 radical (unpaired) electrons. The number of aromatic amines is 1. The lowest BCUT2D eigenvalue weighted by Gasteiger charge is -2.28. The second-order valence-corrected chi connectivity index (χ2v) is 8.65. The molecule has 5 rings (SSSR count). The molecule has 0 bridgehead atoms. The summed E-state index contributed by atoms with van der Waals surface area (Å²) in [5.74, 6) is 1.67. The minimum Gasteiger partial charge on any atom is -0.392 e. The van der Waals surface area contributed by atoms with Crippen LogP contribution in [0.25, 0.3) is 32.5 Å². The number of H-pyrrole nitrogens is 1.